The van der Waals surface area contributed by atoms with Crippen LogP contribution >= 0.6 is 7.82 Å². The Balaban J connectivity index is 4.07. The number of phosphoric ester groups is 1. The number of aliphatic hydroxyl groups excluding tert-OH is 2. The van der Waals surface area contributed by atoms with E-state index in [4.69, 9.17) is 23.6 Å². The molecule has 59 heavy (non-hydrogen) atoms. The van der Waals surface area contributed by atoms with E-state index >= 15 is 0 Å². The molecule has 0 saturated heterocycles. The Morgan fingerprint density at radius 2 is 0.864 bits per heavy atom. The van der Waals surface area contributed by atoms with Crippen molar-refractivity contribution in [1.29, 1.82) is 0 Å². The second-order valence-electron chi connectivity index (χ2n) is 16.8. The zero-order chi connectivity index (χ0) is 43.2. The van der Waals surface area contributed by atoms with Crippen LogP contribution in [0.1, 0.15) is 239 Å². The highest BCUT2D eigenvalue weighted by atomic mass is 31.2. The summed E-state index contributed by atoms with van der Waals surface area (Å²) in [4.78, 5) is 22.6. The molecule has 0 fully saturated rings. The molecular formula is C49H95O9P. The molecule has 0 heterocycles. The molecule has 0 rings (SSSR count). The maximum absolute atomic E-state index is 12.6. The molecule has 10 heteroatoms. The van der Waals surface area contributed by atoms with Gasteiger partial charge in [-0.15, -0.1) is 0 Å². The number of hydrogen-bond donors (Lipinski definition) is 3. The van der Waals surface area contributed by atoms with E-state index in [2.05, 4.69) is 38.2 Å². The first-order valence-electron chi connectivity index (χ1n) is 24.8. The number of ether oxygens (including phenoxy) is 2. The molecule has 0 aromatic heterocycles. The topological polar surface area (TPSA) is 132 Å². The van der Waals surface area contributed by atoms with Crippen molar-refractivity contribution in [3.05, 3.63) is 24.3 Å². The summed E-state index contributed by atoms with van der Waals surface area (Å²) in [5.74, 6) is -0.388. The maximum Gasteiger partial charge on any atom is 0.472 e. The van der Waals surface area contributed by atoms with Crippen molar-refractivity contribution in [1.82, 2.24) is 0 Å². The average molecular weight is 859 g/mol. The molecule has 3 atom stereocenters. The molecule has 350 valence electrons. The van der Waals surface area contributed by atoms with Crippen LogP contribution in [0.4, 0.5) is 0 Å². The van der Waals surface area contributed by atoms with Gasteiger partial charge in [-0.05, 0) is 64.2 Å². The number of unbranched alkanes of at least 4 members (excludes halogenated alkanes) is 30. The summed E-state index contributed by atoms with van der Waals surface area (Å²) in [6.45, 7) is 3.54. The first kappa shape index (κ1) is 57.9. The third-order valence-corrected chi connectivity index (χ3v) is 11.8. The lowest BCUT2D eigenvalue weighted by Crippen LogP contribution is -2.29. The standard InChI is InChI=1S/C49H95O9P/c1-3-5-7-9-11-13-15-17-19-21-22-23-24-25-26-28-30-32-34-36-38-40-42-55-45-48(46-57-59(53,54)56-44-47(51)43-50)58-49(52)41-39-37-35-33-31-29-27-20-18-16-14-12-10-8-6-4-2/h20-22,27,47-48,50-51H,3-19,23-26,28-46H2,1-2H3,(H,53,54)/b22-21-,27-20-. The predicted molar refractivity (Wildman–Crippen MR) is 247 cm³/mol. The van der Waals surface area contributed by atoms with Gasteiger partial charge in [-0.1, -0.05) is 192 Å². The molecule has 3 unspecified atom stereocenters. The summed E-state index contributed by atoms with van der Waals surface area (Å²) >= 11 is 0. The normalized spacial score (nSPS) is 14.1. The van der Waals surface area contributed by atoms with Crippen LogP contribution in [0, 0.1) is 0 Å². The molecule has 0 aliphatic carbocycles. The van der Waals surface area contributed by atoms with Crippen molar-refractivity contribution in [3.63, 3.8) is 0 Å². The monoisotopic (exact) mass is 859 g/mol. The van der Waals surface area contributed by atoms with Gasteiger partial charge in [0, 0.05) is 13.0 Å². The summed E-state index contributed by atoms with van der Waals surface area (Å²) < 4.78 is 33.5. The lowest BCUT2D eigenvalue weighted by atomic mass is 10.1. The third-order valence-electron chi connectivity index (χ3n) is 10.9. The summed E-state index contributed by atoms with van der Waals surface area (Å²) in [5.41, 5.74) is 0. The lowest BCUT2D eigenvalue weighted by Gasteiger charge is -2.20. The Kier molecular flexibility index (Phi) is 45.6. The fourth-order valence-electron chi connectivity index (χ4n) is 7.05. The molecule has 0 radical (unpaired) electrons. The van der Waals surface area contributed by atoms with E-state index in [1.54, 1.807) is 0 Å². The largest absolute Gasteiger partial charge is 0.472 e. The number of carbonyl (C=O) groups excluding carboxylic acids is 1. The quantitative estimate of drug-likeness (QED) is 0.0237. The number of aliphatic hydroxyl groups is 2. The minimum absolute atomic E-state index is 0.0481. The highest BCUT2D eigenvalue weighted by molar-refractivity contribution is 7.47. The van der Waals surface area contributed by atoms with E-state index in [1.165, 1.54) is 161 Å². The number of hydrogen-bond acceptors (Lipinski definition) is 8. The zero-order valence-corrected chi connectivity index (χ0v) is 39.4. The molecule has 9 nitrogen and oxygen atoms in total. The fraction of sp³-hybridized carbons (Fsp3) is 0.898. The smallest absolute Gasteiger partial charge is 0.457 e. The number of carbonyl (C=O) groups is 1. The van der Waals surface area contributed by atoms with E-state index in [-0.39, 0.29) is 25.6 Å². The minimum Gasteiger partial charge on any atom is -0.457 e. The van der Waals surface area contributed by atoms with Crippen molar-refractivity contribution >= 4 is 13.8 Å². The van der Waals surface area contributed by atoms with Gasteiger partial charge in [-0.3, -0.25) is 13.8 Å². The van der Waals surface area contributed by atoms with Gasteiger partial charge in [0.05, 0.1) is 26.4 Å². The molecule has 0 spiro atoms. The fourth-order valence-corrected chi connectivity index (χ4v) is 7.84. The summed E-state index contributed by atoms with van der Waals surface area (Å²) in [5, 5.41) is 18.4. The van der Waals surface area contributed by atoms with Gasteiger partial charge in [0.25, 0.3) is 0 Å². The van der Waals surface area contributed by atoms with Crippen molar-refractivity contribution in [3.8, 4) is 0 Å². The number of allylic oxidation sites excluding steroid dienone is 4. The van der Waals surface area contributed by atoms with Crippen LogP contribution in [0.25, 0.3) is 0 Å². The molecule has 3 N–H and O–H groups in total. The number of phosphoric acid groups is 1. The first-order valence-corrected chi connectivity index (χ1v) is 26.3. The van der Waals surface area contributed by atoms with Crippen LogP contribution in [0.15, 0.2) is 24.3 Å². The lowest BCUT2D eigenvalue weighted by molar-refractivity contribution is -0.154. The Morgan fingerprint density at radius 3 is 1.27 bits per heavy atom. The van der Waals surface area contributed by atoms with Gasteiger partial charge in [0.15, 0.2) is 0 Å². The summed E-state index contributed by atoms with van der Waals surface area (Å²) in [7, 11) is -4.52. The maximum atomic E-state index is 12.6. The summed E-state index contributed by atoms with van der Waals surface area (Å²) in [6, 6.07) is 0. The molecule has 0 bridgehead atoms. The van der Waals surface area contributed by atoms with Crippen molar-refractivity contribution < 1.29 is 43.0 Å². The molecule has 0 aromatic rings. The van der Waals surface area contributed by atoms with Gasteiger partial charge in [0.1, 0.15) is 12.2 Å². The minimum atomic E-state index is -4.52. The molecular weight excluding hydrogens is 764 g/mol. The molecule has 0 saturated carbocycles. The van der Waals surface area contributed by atoms with Crippen LogP contribution < -0.4 is 0 Å². The van der Waals surface area contributed by atoms with Gasteiger partial charge >= 0.3 is 13.8 Å². The Labute approximate surface area is 363 Å². The van der Waals surface area contributed by atoms with E-state index in [9.17, 15) is 19.4 Å². The third kappa shape index (κ3) is 46.3. The Hall–Kier alpha value is -1.06. The van der Waals surface area contributed by atoms with Gasteiger partial charge in [0.2, 0.25) is 0 Å². The Bertz CT molecular complexity index is 975. The van der Waals surface area contributed by atoms with E-state index in [0.717, 1.165) is 57.8 Å². The van der Waals surface area contributed by atoms with E-state index < -0.39 is 33.2 Å². The van der Waals surface area contributed by atoms with Crippen LogP contribution in [0.3, 0.4) is 0 Å². The molecule has 0 aliphatic heterocycles. The second-order valence-corrected chi connectivity index (χ2v) is 18.3. The zero-order valence-electron chi connectivity index (χ0n) is 38.5. The first-order chi connectivity index (χ1) is 28.8. The summed E-state index contributed by atoms with van der Waals surface area (Å²) in [6.07, 6.45) is 50.0. The average Bonchev–Trinajstić information content (AvgIpc) is 3.23. The van der Waals surface area contributed by atoms with Gasteiger partial charge < -0.3 is 24.6 Å². The Morgan fingerprint density at radius 1 is 0.508 bits per heavy atom. The van der Waals surface area contributed by atoms with E-state index in [1.807, 2.05) is 0 Å². The molecule has 0 amide bonds. The second kappa shape index (κ2) is 46.4. The molecule has 0 aliphatic rings. The highest BCUT2D eigenvalue weighted by Gasteiger charge is 2.26. The van der Waals surface area contributed by atoms with Crippen LogP contribution in [0.2, 0.25) is 0 Å². The van der Waals surface area contributed by atoms with Crippen LogP contribution in [0.5, 0.6) is 0 Å². The number of rotatable bonds is 48. The van der Waals surface area contributed by atoms with Gasteiger partial charge in [-0.25, -0.2) is 4.57 Å². The van der Waals surface area contributed by atoms with Crippen molar-refractivity contribution in [2.45, 2.75) is 251 Å². The predicted octanol–water partition coefficient (Wildman–Crippen LogP) is 14.2. The van der Waals surface area contributed by atoms with Crippen molar-refractivity contribution in [2.24, 2.45) is 0 Å². The van der Waals surface area contributed by atoms with E-state index in [0.29, 0.717) is 6.61 Å². The number of esters is 1. The SMILES string of the molecule is CCCCCCCCC/C=C\CCCCCCCC(=O)OC(COCCCCCCCCCCCC/C=C\CCCCCCCCCC)COP(=O)(O)OCC(O)CO. The highest BCUT2D eigenvalue weighted by Crippen LogP contribution is 2.43. The van der Waals surface area contributed by atoms with Crippen LogP contribution in [-0.2, 0) is 27.9 Å². The van der Waals surface area contributed by atoms with Crippen LogP contribution in [-0.4, -0.2) is 66.3 Å². The van der Waals surface area contributed by atoms with Gasteiger partial charge in [-0.2, -0.15) is 0 Å². The van der Waals surface area contributed by atoms with Crippen molar-refractivity contribution in [2.75, 3.05) is 33.0 Å². The molecule has 0 aromatic carbocycles.